The molecule has 1 atom stereocenters. The topological polar surface area (TPSA) is 75.9 Å². The van der Waals surface area contributed by atoms with Gasteiger partial charge in [-0.2, -0.15) is 5.10 Å². The first kappa shape index (κ1) is 14.5. The van der Waals surface area contributed by atoms with E-state index in [4.69, 9.17) is 0 Å². The van der Waals surface area contributed by atoms with E-state index in [1.807, 2.05) is 19.3 Å². The number of piperidine rings is 1. The van der Waals surface area contributed by atoms with Crippen LogP contribution in [0.15, 0.2) is 24.8 Å². The fourth-order valence-electron chi connectivity index (χ4n) is 2.63. The van der Waals surface area contributed by atoms with E-state index in [-0.39, 0.29) is 11.9 Å². The van der Waals surface area contributed by atoms with Gasteiger partial charge in [-0.25, -0.2) is 9.97 Å². The lowest BCUT2D eigenvalue weighted by molar-refractivity contribution is 0.0933. The highest BCUT2D eigenvalue weighted by Crippen LogP contribution is 2.16. The zero-order chi connectivity index (χ0) is 15.5. The van der Waals surface area contributed by atoms with Crippen LogP contribution in [0.5, 0.6) is 0 Å². The lowest BCUT2D eigenvalue weighted by atomic mass is 10.1. The Bertz CT molecular complexity index is 650. The second-order valence-electron chi connectivity index (χ2n) is 5.72. The molecule has 2 aromatic heterocycles. The molecule has 0 spiro atoms. The number of hydrogen-bond donors (Lipinski definition) is 1. The van der Waals surface area contributed by atoms with Gasteiger partial charge in [0.15, 0.2) is 0 Å². The highest BCUT2D eigenvalue weighted by molar-refractivity contribution is 5.93. The first-order valence-corrected chi connectivity index (χ1v) is 7.45. The van der Waals surface area contributed by atoms with E-state index in [0.717, 1.165) is 37.4 Å². The van der Waals surface area contributed by atoms with Crippen LogP contribution in [0.25, 0.3) is 0 Å². The Balaban J connectivity index is 1.63. The standard InChI is InChI=1S/C15H20N6O/c1-11-6-16-15(17-7-11)21-5-3-4-13(10-21)19-14(22)12-8-18-20(2)9-12/h6-9,13H,3-5,10H2,1-2H3,(H,19,22). The van der Waals surface area contributed by atoms with Crippen molar-refractivity contribution in [3.8, 4) is 0 Å². The Morgan fingerprint density at radius 3 is 2.77 bits per heavy atom. The van der Waals surface area contributed by atoms with Gasteiger partial charge < -0.3 is 10.2 Å². The van der Waals surface area contributed by atoms with Crippen molar-refractivity contribution in [2.24, 2.45) is 7.05 Å². The Labute approximate surface area is 129 Å². The smallest absolute Gasteiger partial charge is 0.254 e. The average Bonchev–Trinajstić information content (AvgIpc) is 2.95. The molecule has 1 unspecified atom stereocenters. The summed E-state index contributed by atoms with van der Waals surface area (Å²) in [7, 11) is 1.80. The third kappa shape index (κ3) is 3.24. The van der Waals surface area contributed by atoms with Crippen LogP contribution < -0.4 is 10.2 Å². The van der Waals surface area contributed by atoms with Crippen LogP contribution >= 0.6 is 0 Å². The van der Waals surface area contributed by atoms with E-state index < -0.39 is 0 Å². The quantitative estimate of drug-likeness (QED) is 0.912. The van der Waals surface area contributed by atoms with Gasteiger partial charge in [-0.15, -0.1) is 0 Å². The maximum atomic E-state index is 12.2. The molecule has 7 nitrogen and oxygen atoms in total. The molecular formula is C15H20N6O. The zero-order valence-corrected chi connectivity index (χ0v) is 12.9. The fourth-order valence-corrected chi connectivity index (χ4v) is 2.63. The molecule has 3 rings (SSSR count). The third-order valence-electron chi connectivity index (χ3n) is 3.77. The summed E-state index contributed by atoms with van der Waals surface area (Å²) in [5, 5.41) is 7.10. The zero-order valence-electron chi connectivity index (χ0n) is 12.9. The minimum absolute atomic E-state index is 0.0789. The maximum Gasteiger partial charge on any atom is 0.254 e. The lowest BCUT2D eigenvalue weighted by Crippen LogP contribution is -2.48. The summed E-state index contributed by atoms with van der Waals surface area (Å²) in [6.45, 7) is 3.62. The number of amides is 1. The van der Waals surface area contributed by atoms with Crippen molar-refractivity contribution in [3.05, 3.63) is 35.9 Å². The van der Waals surface area contributed by atoms with E-state index in [1.165, 1.54) is 0 Å². The van der Waals surface area contributed by atoms with E-state index in [1.54, 1.807) is 24.1 Å². The Morgan fingerprint density at radius 2 is 2.09 bits per heavy atom. The highest BCUT2D eigenvalue weighted by atomic mass is 16.1. The second-order valence-corrected chi connectivity index (χ2v) is 5.72. The molecule has 22 heavy (non-hydrogen) atoms. The molecule has 1 amide bonds. The molecule has 2 aromatic rings. The molecule has 3 heterocycles. The van der Waals surface area contributed by atoms with Gasteiger partial charge >= 0.3 is 0 Å². The number of nitrogens with one attached hydrogen (secondary N) is 1. The Kier molecular flexibility index (Phi) is 4.04. The van der Waals surface area contributed by atoms with Gasteiger partial charge in [0.25, 0.3) is 5.91 Å². The molecule has 1 aliphatic rings. The van der Waals surface area contributed by atoms with Crippen LogP contribution in [-0.4, -0.2) is 44.8 Å². The number of hydrogen-bond acceptors (Lipinski definition) is 5. The summed E-state index contributed by atoms with van der Waals surface area (Å²) >= 11 is 0. The molecule has 7 heteroatoms. The molecule has 116 valence electrons. The van der Waals surface area contributed by atoms with E-state index in [2.05, 4.69) is 25.3 Å². The minimum atomic E-state index is -0.0789. The van der Waals surface area contributed by atoms with E-state index >= 15 is 0 Å². The molecular weight excluding hydrogens is 280 g/mol. The van der Waals surface area contributed by atoms with Gasteiger partial charge in [-0.3, -0.25) is 9.48 Å². The van der Waals surface area contributed by atoms with Gasteiger partial charge in [-0.1, -0.05) is 0 Å². The molecule has 1 N–H and O–H groups in total. The molecule has 0 radical (unpaired) electrons. The summed E-state index contributed by atoms with van der Waals surface area (Å²) in [6.07, 6.45) is 8.92. The van der Waals surface area contributed by atoms with Crippen molar-refractivity contribution >= 4 is 11.9 Å². The SMILES string of the molecule is Cc1cnc(N2CCCC(NC(=O)c3cnn(C)c3)C2)nc1. The van der Waals surface area contributed by atoms with Crippen LogP contribution in [0.1, 0.15) is 28.8 Å². The Morgan fingerprint density at radius 1 is 1.32 bits per heavy atom. The van der Waals surface area contributed by atoms with Gasteiger partial charge in [-0.05, 0) is 25.3 Å². The molecule has 1 fully saturated rings. The van der Waals surface area contributed by atoms with E-state index in [9.17, 15) is 4.79 Å². The molecule has 0 aliphatic carbocycles. The normalized spacial score (nSPS) is 18.3. The molecule has 1 saturated heterocycles. The number of nitrogens with zero attached hydrogens (tertiary/aromatic N) is 5. The van der Waals surface area contributed by atoms with Crippen LogP contribution in [0, 0.1) is 6.92 Å². The van der Waals surface area contributed by atoms with Crippen molar-refractivity contribution in [1.29, 1.82) is 0 Å². The van der Waals surface area contributed by atoms with Crippen molar-refractivity contribution in [2.45, 2.75) is 25.8 Å². The molecule has 0 saturated carbocycles. The summed E-state index contributed by atoms with van der Waals surface area (Å²) in [6, 6.07) is 0.103. The Hall–Kier alpha value is -2.44. The second kappa shape index (κ2) is 6.13. The van der Waals surface area contributed by atoms with Gasteiger partial charge in [0.1, 0.15) is 0 Å². The largest absolute Gasteiger partial charge is 0.347 e. The van der Waals surface area contributed by atoms with Crippen LogP contribution in [0.2, 0.25) is 0 Å². The number of aromatic nitrogens is 4. The number of carbonyl (C=O) groups excluding carboxylic acids is 1. The van der Waals surface area contributed by atoms with E-state index in [0.29, 0.717) is 5.56 Å². The summed E-state index contributed by atoms with van der Waals surface area (Å²) in [4.78, 5) is 23.1. The minimum Gasteiger partial charge on any atom is -0.347 e. The molecule has 1 aliphatic heterocycles. The number of aryl methyl sites for hydroxylation is 2. The predicted octanol–water partition coefficient (Wildman–Crippen LogP) is 0.917. The monoisotopic (exact) mass is 300 g/mol. The van der Waals surface area contributed by atoms with Gasteiger partial charge in [0, 0.05) is 44.8 Å². The number of anilines is 1. The average molecular weight is 300 g/mol. The first-order chi connectivity index (χ1) is 10.6. The van der Waals surface area contributed by atoms with Crippen molar-refractivity contribution in [2.75, 3.05) is 18.0 Å². The molecule has 0 aromatic carbocycles. The van der Waals surface area contributed by atoms with Crippen LogP contribution in [0.4, 0.5) is 5.95 Å². The van der Waals surface area contributed by atoms with Crippen molar-refractivity contribution in [3.63, 3.8) is 0 Å². The number of rotatable bonds is 3. The lowest BCUT2D eigenvalue weighted by Gasteiger charge is -2.33. The van der Waals surface area contributed by atoms with Crippen molar-refractivity contribution in [1.82, 2.24) is 25.1 Å². The summed E-state index contributed by atoms with van der Waals surface area (Å²) < 4.78 is 1.63. The molecule has 0 bridgehead atoms. The predicted molar refractivity (Wildman–Crippen MR) is 82.7 cm³/mol. The summed E-state index contributed by atoms with van der Waals surface area (Å²) in [5.41, 5.74) is 1.63. The fraction of sp³-hybridized carbons (Fsp3) is 0.467. The maximum absolute atomic E-state index is 12.2. The van der Waals surface area contributed by atoms with Gasteiger partial charge in [0.05, 0.1) is 11.8 Å². The first-order valence-electron chi connectivity index (χ1n) is 7.45. The van der Waals surface area contributed by atoms with Gasteiger partial charge in [0.2, 0.25) is 5.95 Å². The highest BCUT2D eigenvalue weighted by Gasteiger charge is 2.23. The van der Waals surface area contributed by atoms with Crippen molar-refractivity contribution < 1.29 is 4.79 Å². The third-order valence-corrected chi connectivity index (χ3v) is 3.77. The van der Waals surface area contributed by atoms with Crippen LogP contribution in [0.3, 0.4) is 0 Å². The summed E-state index contributed by atoms with van der Waals surface area (Å²) in [5.74, 6) is 0.649. The number of carbonyl (C=O) groups is 1. The van der Waals surface area contributed by atoms with Crippen LogP contribution in [-0.2, 0) is 7.05 Å².